The van der Waals surface area contributed by atoms with Crippen LogP contribution < -0.4 is 4.74 Å². The Morgan fingerprint density at radius 1 is 1.25 bits per heavy atom. The number of ketones is 1. The third kappa shape index (κ3) is 3.81. The van der Waals surface area contributed by atoms with Gasteiger partial charge in [0.25, 0.3) is 0 Å². The first-order chi connectivity index (χ1) is 11.6. The van der Waals surface area contributed by atoms with E-state index >= 15 is 0 Å². The van der Waals surface area contributed by atoms with Crippen molar-refractivity contribution in [1.29, 1.82) is 0 Å². The highest BCUT2D eigenvalue weighted by molar-refractivity contribution is 6.04. The quantitative estimate of drug-likeness (QED) is 0.512. The van der Waals surface area contributed by atoms with Crippen LogP contribution in [0.4, 0.5) is 0 Å². The molecule has 0 atom stereocenters. The van der Waals surface area contributed by atoms with Gasteiger partial charge in [-0.05, 0) is 42.8 Å². The van der Waals surface area contributed by atoms with E-state index in [1.54, 1.807) is 24.4 Å². The second-order valence-corrected chi connectivity index (χ2v) is 5.42. The molecule has 0 aliphatic rings. The third-order valence-corrected chi connectivity index (χ3v) is 3.58. The summed E-state index contributed by atoms with van der Waals surface area (Å²) in [5.74, 6) is 2.53. The minimum absolute atomic E-state index is 0.154. The largest absolute Gasteiger partial charge is 0.486 e. The van der Waals surface area contributed by atoms with Crippen LogP contribution in [0.15, 0.2) is 59.3 Å². The molecule has 0 unspecified atom stereocenters. The van der Waals surface area contributed by atoms with Crippen LogP contribution in [0.1, 0.15) is 27.7 Å². The van der Waals surface area contributed by atoms with Gasteiger partial charge in [0.05, 0.1) is 0 Å². The highest BCUT2D eigenvalue weighted by Crippen LogP contribution is 2.15. The van der Waals surface area contributed by atoms with Gasteiger partial charge in [-0.2, -0.15) is 0 Å². The minimum Gasteiger partial charge on any atom is -0.486 e. The van der Waals surface area contributed by atoms with Crippen molar-refractivity contribution >= 4 is 11.9 Å². The predicted molar refractivity (Wildman–Crippen MR) is 90.8 cm³/mol. The van der Waals surface area contributed by atoms with Crippen LogP contribution in [0, 0.1) is 6.92 Å². The van der Waals surface area contributed by atoms with Crippen molar-refractivity contribution in [3.05, 3.63) is 77.8 Å². The molecule has 2 heterocycles. The number of rotatable bonds is 6. The van der Waals surface area contributed by atoms with Crippen molar-refractivity contribution < 1.29 is 13.9 Å². The molecule has 0 N–H and O–H groups in total. The third-order valence-electron chi connectivity index (χ3n) is 3.58. The monoisotopic (exact) mass is 322 g/mol. The molecule has 0 bridgehead atoms. The van der Waals surface area contributed by atoms with Crippen LogP contribution >= 0.6 is 0 Å². The van der Waals surface area contributed by atoms with E-state index in [0.717, 1.165) is 22.9 Å². The van der Waals surface area contributed by atoms with Gasteiger partial charge < -0.3 is 13.7 Å². The summed E-state index contributed by atoms with van der Waals surface area (Å²) >= 11 is 0. The van der Waals surface area contributed by atoms with E-state index in [9.17, 15) is 4.79 Å². The highest BCUT2D eigenvalue weighted by Gasteiger charge is 2.06. The molecule has 0 amide bonds. The Bertz CT molecular complexity index is 857. The van der Waals surface area contributed by atoms with Crippen molar-refractivity contribution in [3.8, 4) is 5.75 Å². The summed E-state index contributed by atoms with van der Waals surface area (Å²) in [6, 6.07) is 11.0. The summed E-state index contributed by atoms with van der Waals surface area (Å²) in [4.78, 5) is 16.2. The molecule has 5 heteroatoms. The smallest absolute Gasteiger partial charge is 0.221 e. The molecule has 0 fully saturated rings. The number of aryl methyl sites for hydroxylation is 2. The molecule has 0 aliphatic carbocycles. The van der Waals surface area contributed by atoms with Crippen molar-refractivity contribution in [2.24, 2.45) is 7.05 Å². The van der Waals surface area contributed by atoms with Crippen molar-refractivity contribution in [2.45, 2.75) is 13.5 Å². The van der Waals surface area contributed by atoms with E-state index in [0.29, 0.717) is 12.4 Å². The summed E-state index contributed by atoms with van der Waals surface area (Å²) in [5.41, 5.74) is 0.913. The van der Waals surface area contributed by atoms with E-state index < -0.39 is 0 Å². The van der Waals surface area contributed by atoms with Gasteiger partial charge in [-0.15, -0.1) is 0 Å². The predicted octanol–water partition coefficient (Wildman–Crippen LogP) is 3.80. The number of hydrogen-bond donors (Lipinski definition) is 0. The lowest BCUT2D eigenvalue weighted by Crippen LogP contribution is -2.02. The Labute approximate surface area is 140 Å². The van der Waals surface area contributed by atoms with Crippen LogP contribution in [-0.2, 0) is 13.7 Å². The van der Waals surface area contributed by atoms with E-state index in [4.69, 9.17) is 9.15 Å². The number of imidazole rings is 1. The van der Waals surface area contributed by atoms with Gasteiger partial charge in [0, 0.05) is 19.4 Å². The Morgan fingerprint density at radius 3 is 2.67 bits per heavy atom. The second kappa shape index (κ2) is 7.00. The highest BCUT2D eigenvalue weighted by atomic mass is 16.5. The zero-order valence-electron chi connectivity index (χ0n) is 13.6. The zero-order valence-corrected chi connectivity index (χ0v) is 13.6. The molecule has 24 heavy (non-hydrogen) atoms. The van der Waals surface area contributed by atoms with Gasteiger partial charge in [0.1, 0.15) is 23.9 Å². The van der Waals surface area contributed by atoms with Crippen LogP contribution in [-0.4, -0.2) is 15.3 Å². The van der Waals surface area contributed by atoms with Gasteiger partial charge in [-0.3, -0.25) is 4.79 Å². The Kier molecular flexibility index (Phi) is 4.61. The Balaban J connectivity index is 1.59. The van der Waals surface area contributed by atoms with E-state index in [1.807, 2.05) is 49.0 Å². The maximum Gasteiger partial charge on any atom is 0.221 e. The first-order valence-electron chi connectivity index (χ1n) is 7.60. The van der Waals surface area contributed by atoms with E-state index in [-0.39, 0.29) is 5.78 Å². The summed E-state index contributed by atoms with van der Waals surface area (Å²) in [5, 5.41) is 0. The van der Waals surface area contributed by atoms with Gasteiger partial charge in [-0.1, -0.05) is 18.2 Å². The average molecular weight is 322 g/mol. The molecule has 0 radical (unpaired) electrons. The van der Waals surface area contributed by atoms with Gasteiger partial charge in [0.2, 0.25) is 5.78 Å². The minimum atomic E-state index is -0.154. The Hall–Kier alpha value is -3.08. The lowest BCUT2D eigenvalue weighted by Gasteiger charge is -2.06. The number of benzene rings is 1. The van der Waals surface area contributed by atoms with Crippen molar-refractivity contribution in [3.63, 3.8) is 0 Å². The molecular formula is C19H18N2O3. The molecule has 2 aromatic heterocycles. The van der Waals surface area contributed by atoms with E-state index in [1.165, 1.54) is 6.08 Å². The molecular weight excluding hydrogens is 304 g/mol. The van der Waals surface area contributed by atoms with Crippen molar-refractivity contribution in [2.75, 3.05) is 0 Å². The second-order valence-electron chi connectivity index (χ2n) is 5.42. The number of hydrogen-bond acceptors (Lipinski definition) is 4. The average Bonchev–Trinajstić information content (AvgIpc) is 3.20. The topological polar surface area (TPSA) is 57.3 Å². The number of allylic oxidation sites excluding steroid dienone is 1. The van der Waals surface area contributed by atoms with Gasteiger partial charge in [0.15, 0.2) is 5.76 Å². The summed E-state index contributed by atoms with van der Waals surface area (Å²) in [7, 11) is 1.93. The number of ether oxygens (including phenoxy) is 1. The molecule has 122 valence electrons. The normalized spacial score (nSPS) is 11.1. The molecule has 0 saturated heterocycles. The molecule has 1 aromatic carbocycles. The molecule has 0 aliphatic heterocycles. The van der Waals surface area contributed by atoms with Crippen LogP contribution in [0.2, 0.25) is 0 Å². The fourth-order valence-corrected chi connectivity index (χ4v) is 2.18. The molecule has 3 aromatic rings. The lowest BCUT2D eigenvalue weighted by molar-refractivity contribution is 0.102. The summed E-state index contributed by atoms with van der Waals surface area (Å²) in [6.07, 6.45) is 6.87. The molecule has 3 rings (SSSR count). The molecule has 5 nitrogen and oxygen atoms in total. The van der Waals surface area contributed by atoms with E-state index in [2.05, 4.69) is 4.98 Å². The fraction of sp³-hybridized carbons (Fsp3) is 0.158. The van der Waals surface area contributed by atoms with Crippen LogP contribution in [0.3, 0.4) is 0 Å². The number of carbonyl (C=O) groups is 1. The van der Waals surface area contributed by atoms with Crippen molar-refractivity contribution in [1.82, 2.24) is 9.55 Å². The van der Waals surface area contributed by atoms with Gasteiger partial charge in [-0.25, -0.2) is 4.98 Å². The molecule has 0 saturated carbocycles. The standard InChI is InChI=1S/C19H18N2O3/c1-14-3-10-18(24-14)17(22)9-6-15-4-7-16(8-5-15)23-13-19-20-11-12-21(19)2/h3-12H,13H2,1-2H3. The van der Waals surface area contributed by atoms with Crippen LogP contribution in [0.5, 0.6) is 5.75 Å². The number of aromatic nitrogens is 2. The fourth-order valence-electron chi connectivity index (χ4n) is 2.18. The first-order valence-corrected chi connectivity index (χ1v) is 7.60. The van der Waals surface area contributed by atoms with Gasteiger partial charge >= 0.3 is 0 Å². The number of nitrogens with zero attached hydrogens (tertiary/aromatic N) is 2. The first kappa shape index (κ1) is 15.8. The molecule has 0 spiro atoms. The van der Waals surface area contributed by atoms with Crippen LogP contribution in [0.25, 0.3) is 6.08 Å². The zero-order chi connectivity index (χ0) is 16.9. The number of furan rings is 1. The number of carbonyl (C=O) groups excluding carboxylic acids is 1. The summed E-state index contributed by atoms with van der Waals surface area (Å²) < 4.78 is 12.9. The maximum atomic E-state index is 11.9. The Morgan fingerprint density at radius 2 is 2.04 bits per heavy atom. The summed E-state index contributed by atoms with van der Waals surface area (Å²) in [6.45, 7) is 2.22. The SMILES string of the molecule is Cc1ccc(C(=O)C=Cc2ccc(OCc3nccn3C)cc2)o1. The lowest BCUT2D eigenvalue weighted by atomic mass is 10.2. The maximum absolute atomic E-state index is 11.9.